The summed E-state index contributed by atoms with van der Waals surface area (Å²) >= 11 is 0. The molecule has 1 aromatic heterocycles. The Balaban J connectivity index is 1.77. The third-order valence-corrected chi connectivity index (χ3v) is 3.28. The molecule has 3 rings (SSSR count). The molecule has 0 amide bonds. The molecule has 1 heterocycles. The number of aromatic amines is 1. The average Bonchev–Trinajstić information content (AvgIpc) is 3.03. The maximum atomic E-state index is 9.02. The quantitative estimate of drug-likeness (QED) is 0.800. The topological polar surface area (TPSA) is 74.6 Å². The Kier molecular flexibility index (Phi) is 3.84. The molecule has 0 saturated carbocycles. The van der Waals surface area contributed by atoms with E-state index in [1.54, 1.807) is 0 Å². The van der Waals surface area contributed by atoms with Gasteiger partial charge in [0.25, 0.3) is 0 Å². The SMILES string of the molecule is Cc1ccc(OCc2cccc(-c3n[nH]nc3C#N)c2)cc1. The molecule has 108 valence electrons. The largest absolute Gasteiger partial charge is 0.489 e. The summed E-state index contributed by atoms with van der Waals surface area (Å²) in [6.07, 6.45) is 0. The fourth-order valence-electron chi connectivity index (χ4n) is 2.12. The van der Waals surface area contributed by atoms with Crippen LogP contribution in [-0.2, 0) is 6.61 Å². The van der Waals surface area contributed by atoms with Crippen molar-refractivity contribution < 1.29 is 4.74 Å². The van der Waals surface area contributed by atoms with Gasteiger partial charge in [0, 0.05) is 5.56 Å². The third-order valence-electron chi connectivity index (χ3n) is 3.28. The lowest BCUT2D eigenvalue weighted by atomic mass is 10.1. The molecule has 22 heavy (non-hydrogen) atoms. The third kappa shape index (κ3) is 2.96. The zero-order chi connectivity index (χ0) is 15.4. The Morgan fingerprint density at radius 1 is 1.14 bits per heavy atom. The number of nitrogens with one attached hydrogen (secondary N) is 1. The first-order valence-corrected chi connectivity index (χ1v) is 6.86. The van der Waals surface area contributed by atoms with Crippen molar-refractivity contribution in [3.63, 3.8) is 0 Å². The van der Waals surface area contributed by atoms with Gasteiger partial charge in [-0.25, -0.2) is 0 Å². The zero-order valence-corrected chi connectivity index (χ0v) is 12.1. The highest BCUT2D eigenvalue weighted by molar-refractivity contribution is 5.64. The van der Waals surface area contributed by atoms with Crippen molar-refractivity contribution in [2.45, 2.75) is 13.5 Å². The van der Waals surface area contributed by atoms with Gasteiger partial charge in [-0.2, -0.15) is 15.6 Å². The van der Waals surface area contributed by atoms with Gasteiger partial charge in [0.05, 0.1) is 0 Å². The number of aryl methyl sites for hydroxylation is 1. The second-order valence-corrected chi connectivity index (χ2v) is 4.93. The number of aromatic nitrogens is 3. The highest BCUT2D eigenvalue weighted by Gasteiger charge is 2.10. The normalized spacial score (nSPS) is 10.2. The monoisotopic (exact) mass is 290 g/mol. The highest BCUT2D eigenvalue weighted by Crippen LogP contribution is 2.21. The first kappa shape index (κ1) is 13.8. The lowest BCUT2D eigenvalue weighted by Gasteiger charge is -2.07. The molecule has 0 fully saturated rings. The van der Waals surface area contributed by atoms with Crippen LogP contribution >= 0.6 is 0 Å². The minimum atomic E-state index is 0.289. The molecular weight excluding hydrogens is 276 g/mol. The van der Waals surface area contributed by atoms with Gasteiger partial charge in [0.15, 0.2) is 5.69 Å². The highest BCUT2D eigenvalue weighted by atomic mass is 16.5. The molecule has 0 saturated heterocycles. The van der Waals surface area contributed by atoms with Crippen molar-refractivity contribution in [2.75, 3.05) is 0 Å². The Hall–Kier alpha value is -3.13. The molecule has 3 aromatic rings. The minimum Gasteiger partial charge on any atom is -0.489 e. The van der Waals surface area contributed by atoms with Crippen molar-refractivity contribution in [3.05, 3.63) is 65.4 Å². The average molecular weight is 290 g/mol. The molecule has 0 unspecified atom stereocenters. The molecule has 5 nitrogen and oxygen atoms in total. The lowest BCUT2D eigenvalue weighted by Crippen LogP contribution is -1.96. The van der Waals surface area contributed by atoms with Crippen molar-refractivity contribution in [1.82, 2.24) is 15.4 Å². The number of benzene rings is 2. The molecule has 0 aliphatic carbocycles. The van der Waals surface area contributed by atoms with Crippen LogP contribution < -0.4 is 4.74 Å². The number of H-pyrrole nitrogens is 1. The van der Waals surface area contributed by atoms with Gasteiger partial charge in [-0.3, -0.25) is 0 Å². The smallest absolute Gasteiger partial charge is 0.190 e. The van der Waals surface area contributed by atoms with E-state index >= 15 is 0 Å². The van der Waals surface area contributed by atoms with Gasteiger partial charge >= 0.3 is 0 Å². The van der Waals surface area contributed by atoms with Crippen molar-refractivity contribution in [3.8, 4) is 23.1 Å². The second-order valence-electron chi connectivity index (χ2n) is 4.93. The van der Waals surface area contributed by atoms with Gasteiger partial charge < -0.3 is 4.74 Å². The Labute approximate surface area is 128 Å². The van der Waals surface area contributed by atoms with Crippen molar-refractivity contribution in [2.24, 2.45) is 0 Å². The van der Waals surface area contributed by atoms with E-state index in [0.29, 0.717) is 12.3 Å². The second kappa shape index (κ2) is 6.10. The summed E-state index contributed by atoms with van der Waals surface area (Å²) in [6.45, 7) is 2.49. The van der Waals surface area contributed by atoms with E-state index < -0.39 is 0 Å². The minimum absolute atomic E-state index is 0.289. The fourth-order valence-corrected chi connectivity index (χ4v) is 2.12. The van der Waals surface area contributed by atoms with Gasteiger partial charge in [-0.1, -0.05) is 35.9 Å². The zero-order valence-electron chi connectivity index (χ0n) is 12.1. The summed E-state index contributed by atoms with van der Waals surface area (Å²) in [7, 11) is 0. The summed E-state index contributed by atoms with van der Waals surface area (Å²) < 4.78 is 5.77. The molecule has 5 heteroatoms. The van der Waals surface area contributed by atoms with Gasteiger partial charge in [0.1, 0.15) is 24.1 Å². The van der Waals surface area contributed by atoms with Crippen LogP contribution in [0.25, 0.3) is 11.3 Å². The van der Waals surface area contributed by atoms with Gasteiger partial charge in [-0.15, -0.1) is 5.10 Å². The molecular formula is C17H14N4O. The van der Waals surface area contributed by atoms with Crippen LogP contribution in [0.2, 0.25) is 0 Å². The Bertz CT molecular complexity index is 815. The predicted molar refractivity (Wildman–Crippen MR) is 82.0 cm³/mol. The number of nitriles is 1. The van der Waals surface area contributed by atoms with Crippen molar-refractivity contribution >= 4 is 0 Å². The van der Waals surface area contributed by atoms with Crippen LogP contribution in [-0.4, -0.2) is 15.4 Å². The molecule has 1 N–H and O–H groups in total. The summed E-state index contributed by atoms with van der Waals surface area (Å²) in [4.78, 5) is 0. The van der Waals surface area contributed by atoms with Crippen LogP contribution in [0.4, 0.5) is 0 Å². The molecule has 0 atom stereocenters. The number of hydrogen-bond acceptors (Lipinski definition) is 4. The first-order valence-electron chi connectivity index (χ1n) is 6.86. The Morgan fingerprint density at radius 2 is 1.95 bits per heavy atom. The molecule has 0 radical (unpaired) electrons. The molecule has 0 spiro atoms. The summed E-state index contributed by atoms with van der Waals surface area (Å²) in [5.74, 6) is 0.829. The predicted octanol–water partition coefficient (Wildman–Crippen LogP) is 3.23. The van der Waals surface area contributed by atoms with Gasteiger partial charge in [-0.05, 0) is 30.7 Å². The Morgan fingerprint density at radius 3 is 2.73 bits per heavy atom. The molecule has 0 aliphatic heterocycles. The fraction of sp³-hybridized carbons (Fsp3) is 0.118. The summed E-state index contributed by atoms with van der Waals surface area (Å²) in [5.41, 5.74) is 3.89. The maximum absolute atomic E-state index is 9.02. The number of hydrogen-bond donors (Lipinski definition) is 1. The van der Waals surface area contributed by atoms with Crippen LogP contribution in [0, 0.1) is 18.3 Å². The van der Waals surface area contributed by atoms with Crippen LogP contribution in [0.5, 0.6) is 5.75 Å². The van der Waals surface area contributed by atoms with Crippen LogP contribution in [0.3, 0.4) is 0 Å². The van der Waals surface area contributed by atoms with E-state index in [9.17, 15) is 0 Å². The lowest BCUT2D eigenvalue weighted by molar-refractivity contribution is 0.306. The van der Waals surface area contributed by atoms with Gasteiger partial charge in [0.2, 0.25) is 0 Å². The van der Waals surface area contributed by atoms with Crippen LogP contribution in [0.15, 0.2) is 48.5 Å². The first-order chi connectivity index (χ1) is 10.8. The van der Waals surface area contributed by atoms with E-state index in [2.05, 4.69) is 15.4 Å². The van der Waals surface area contributed by atoms with Crippen molar-refractivity contribution in [1.29, 1.82) is 5.26 Å². The van der Waals surface area contributed by atoms with E-state index in [1.165, 1.54) is 5.56 Å². The molecule has 0 bridgehead atoms. The summed E-state index contributed by atoms with van der Waals surface area (Å²) in [6, 6.07) is 17.7. The summed E-state index contributed by atoms with van der Waals surface area (Å²) in [5, 5.41) is 19.3. The van der Waals surface area contributed by atoms with Crippen LogP contribution in [0.1, 0.15) is 16.8 Å². The van der Waals surface area contributed by atoms with E-state index in [4.69, 9.17) is 10.00 Å². The molecule has 2 aromatic carbocycles. The number of rotatable bonds is 4. The standard InChI is InChI=1S/C17H14N4O/c1-12-5-7-15(8-6-12)22-11-13-3-2-4-14(9-13)17-16(10-18)19-21-20-17/h2-9H,11H2,1H3,(H,19,20,21). The number of nitrogens with zero attached hydrogens (tertiary/aromatic N) is 3. The van der Waals surface area contributed by atoms with E-state index in [-0.39, 0.29) is 5.69 Å². The van der Waals surface area contributed by atoms with E-state index in [0.717, 1.165) is 16.9 Å². The number of ether oxygens (including phenoxy) is 1. The van der Waals surface area contributed by atoms with E-state index in [1.807, 2.05) is 61.5 Å². The maximum Gasteiger partial charge on any atom is 0.190 e. The molecule has 0 aliphatic rings.